The number of hydrogen-bond acceptors (Lipinski definition) is 0. The van der Waals surface area contributed by atoms with Gasteiger partial charge >= 0.3 is 0 Å². The van der Waals surface area contributed by atoms with E-state index in [1.165, 1.54) is 0 Å². The van der Waals surface area contributed by atoms with Gasteiger partial charge in [0, 0.05) is 0 Å². The van der Waals surface area contributed by atoms with Crippen LogP contribution in [0.15, 0.2) is 36.4 Å². The molecule has 0 saturated heterocycles. The maximum absolute atomic E-state index is 7.82. The van der Waals surface area contributed by atoms with Gasteiger partial charge in [0.25, 0.3) is 0 Å². The molecule has 0 fully saturated rings. The van der Waals surface area contributed by atoms with E-state index in [2.05, 4.69) is 0 Å². The monoisotopic (exact) mass is 155 g/mol. The normalized spacial score (nSPS) is 17.8. The molecule has 0 atom stereocenters. The van der Waals surface area contributed by atoms with Crippen molar-refractivity contribution in [2.24, 2.45) is 0 Å². The Morgan fingerprint density at radius 1 is 0.917 bits per heavy atom. The summed E-state index contributed by atoms with van der Waals surface area (Å²) in [6.45, 7) is 0. The van der Waals surface area contributed by atoms with Crippen LogP contribution in [-0.2, 0) is 0 Å². The van der Waals surface area contributed by atoms with Crippen LogP contribution in [-0.4, -0.2) is 0 Å². The van der Waals surface area contributed by atoms with Crippen molar-refractivity contribution in [3.05, 3.63) is 47.5 Å². The fourth-order valence-electron chi connectivity index (χ4n) is 1.61. The van der Waals surface area contributed by atoms with Crippen molar-refractivity contribution < 1.29 is 4.11 Å². The summed E-state index contributed by atoms with van der Waals surface area (Å²) in [5, 5.41) is 1.89. The molecule has 0 unspecified atom stereocenters. The van der Waals surface area contributed by atoms with Gasteiger partial charge in [-0.25, -0.2) is 0 Å². The highest BCUT2D eigenvalue weighted by atomic mass is 14.1. The largest absolute Gasteiger partial charge is 0.0629 e. The zero-order chi connectivity index (χ0) is 10.6. The van der Waals surface area contributed by atoms with E-state index in [4.69, 9.17) is 4.11 Å². The third kappa shape index (κ3) is 0.620. The summed E-state index contributed by atoms with van der Waals surface area (Å²) < 4.78 is 23.4. The lowest BCUT2D eigenvalue weighted by Crippen LogP contribution is -1.76. The summed E-state index contributed by atoms with van der Waals surface area (Å²) in [7, 11) is 0. The minimum atomic E-state index is 0.173. The van der Waals surface area contributed by atoms with Gasteiger partial charge < -0.3 is 0 Å². The number of rotatable bonds is 0. The van der Waals surface area contributed by atoms with E-state index in [1.54, 1.807) is 6.07 Å². The van der Waals surface area contributed by atoms with Crippen LogP contribution in [0.4, 0.5) is 0 Å². The molecule has 0 radical (unpaired) electrons. The SMILES string of the molecule is [2H]C1=C([2H])c2c([2H])ccc3cccc1c23. The first kappa shape index (κ1) is 3.90. The zero-order valence-electron chi connectivity index (χ0n) is 9.39. The Labute approximate surface area is 75.4 Å². The maximum atomic E-state index is 7.82. The van der Waals surface area contributed by atoms with Crippen molar-refractivity contribution in [3.8, 4) is 0 Å². The van der Waals surface area contributed by atoms with Gasteiger partial charge in [0.15, 0.2) is 0 Å². The first-order valence-corrected chi connectivity index (χ1v) is 3.90. The molecule has 0 saturated carbocycles. The summed E-state index contributed by atoms with van der Waals surface area (Å²) >= 11 is 0. The van der Waals surface area contributed by atoms with Crippen molar-refractivity contribution >= 4 is 22.9 Å². The molecule has 3 rings (SSSR count). The molecule has 0 aromatic heterocycles. The van der Waals surface area contributed by atoms with Crippen molar-refractivity contribution in [2.75, 3.05) is 0 Å². The molecule has 56 valence electrons. The predicted molar refractivity (Wildman–Crippen MR) is 52.9 cm³/mol. The summed E-state index contributed by atoms with van der Waals surface area (Å²) in [6.07, 6.45) is 0. The second-order valence-corrected chi connectivity index (χ2v) is 2.87. The Morgan fingerprint density at radius 2 is 1.75 bits per heavy atom. The molecule has 0 amide bonds. The molecular formula is C12H8. The maximum Gasteiger partial charge on any atom is 0.0629 e. The minimum absolute atomic E-state index is 0.173. The summed E-state index contributed by atoms with van der Waals surface area (Å²) in [5.41, 5.74) is 1.38. The van der Waals surface area contributed by atoms with Gasteiger partial charge in [0.05, 0.1) is 4.11 Å². The molecule has 0 aliphatic heterocycles. The first-order valence-electron chi connectivity index (χ1n) is 5.40. The van der Waals surface area contributed by atoms with Crippen LogP contribution in [0.2, 0.25) is 0 Å². The van der Waals surface area contributed by atoms with Gasteiger partial charge in [-0.15, -0.1) is 0 Å². The van der Waals surface area contributed by atoms with E-state index in [1.807, 2.05) is 24.3 Å². The van der Waals surface area contributed by atoms with E-state index >= 15 is 0 Å². The van der Waals surface area contributed by atoms with E-state index < -0.39 is 0 Å². The highest BCUT2D eigenvalue weighted by molar-refractivity contribution is 6.04. The molecular weight excluding hydrogens is 144 g/mol. The Kier molecular flexibility index (Phi) is 0.643. The smallest absolute Gasteiger partial charge is 0.0610 e. The lowest BCUT2D eigenvalue weighted by molar-refractivity contribution is 1.72. The zero-order valence-corrected chi connectivity index (χ0v) is 6.39. The molecule has 0 heterocycles. The lowest BCUT2D eigenvalue weighted by Gasteiger charge is -1.99. The van der Waals surface area contributed by atoms with E-state index in [0.717, 1.165) is 16.3 Å². The van der Waals surface area contributed by atoms with Crippen LogP contribution in [0.3, 0.4) is 0 Å². The number of benzene rings is 2. The molecule has 0 N–H and O–H groups in total. The van der Waals surface area contributed by atoms with Crippen molar-refractivity contribution in [3.63, 3.8) is 0 Å². The van der Waals surface area contributed by atoms with Crippen molar-refractivity contribution in [2.45, 2.75) is 0 Å². The second kappa shape index (κ2) is 1.98. The van der Waals surface area contributed by atoms with Crippen LogP contribution < -0.4 is 0 Å². The molecule has 2 aromatic rings. The van der Waals surface area contributed by atoms with Gasteiger partial charge in [-0.1, -0.05) is 48.5 Å². The summed E-state index contributed by atoms with van der Waals surface area (Å²) in [6, 6.07) is 9.98. The Balaban J connectivity index is 2.61. The second-order valence-electron chi connectivity index (χ2n) is 2.87. The Hall–Kier alpha value is -1.56. The van der Waals surface area contributed by atoms with Gasteiger partial charge in [-0.3, -0.25) is 0 Å². The van der Waals surface area contributed by atoms with Gasteiger partial charge in [0.2, 0.25) is 0 Å². The highest BCUT2D eigenvalue weighted by Crippen LogP contribution is 2.30. The third-order valence-corrected chi connectivity index (χ3v) is 2.16. The van der Waals surface area contributed by atoms with Gasteiger partial charge in [0.1, 0.15) is 0 Å². The average molecular weight is 155 g/mol. The first-order chi connectivity index (χ1) is 7.20. The topological polar surface area (TPSA) is 0 Å². The van der Waals surface area contributed by atoms with Crippen molar-refractivity contribution in [1.29, 1.82) is 0 Å². The number of hydrogen-bond donors (Lipinski definition) is 0. The standard InChI is InChI=1S/C12H8/c1-3-9-4-2-6-11-8-7-10(5-1)12(9)11/h1-8H/i5D,7D,8D. The fourth-order valence-corrected chi connectivity index (χ4v) is 1.61. The molecule has 0 bridgehead atoms. The van der Waals surface area contributed by atoms with E-state index in [9.17, 15) is 0 Å². The molecule has 0 spiro atoms. The summed E-state index contributed by atoms with van der Waals surface area (Å²) in [5.74, 6) is 0. The van der Waals surface area contributed by atoms with Crippen molar-refractivity contribution in [1.82, 2.24) is 0 Å². The third-order valence-electron chi connectivity index (χ3n) is 2.16. The van der Waals surface area contributed by atoms with Crippen LogP contribution >= 0.6 is 0 Å². The van der Waals surface area contributed by atoms with Crippen LogP contribution in [0.1, 0.15) is 15.2 Å². The molecule has 1 aliphatic rings. The molecule has 2 aromatic carbocycles. The van der Waals surface area contributed by atoms with Gasteiger partial charge in [-0.2, -0.15) is 0 Å². The molecule has 12 heavy (non-hydrogen) atoms. The Morgan fingerprint density at radius 3 is 2.75 bits per heavy atom. The van der Waals surface area contributed by atoms with E-state index in [-0.39, 0.29) is 12.1 Å². The highest BCUT2D eigenvalue weighted by Gasteiger charge is 2.06. The van der Waals surface area contributed by atoms with E-state index in [0.29, 0.717) is 11.6 Å². The van der Waals surface area contributed by atoms with Crippen LogP contribution in [0.5, 0.6) is 0 Å². The molecule has 0 heteroatoms. The quantitative estimate of drug-likeness (QED) is 0.547. The fraction of sp³-hybridized carbons (Fsp3) is 0. The van der Waals surface area contributed by atoms with Gasteiger partial charge in [-0.05, 0) is 21.9 Å². The average Bonchev–Trinajstić information content (AvgIpc) is 2.50. The summed E-state index contributed by atoms with van der Waals surface area (Å²) in [4.78, 5) is 0. The minimum Gasteiger partial charge on any atom is -0.0610 e. The van der Waals surface area contributed by atoms with Crippen LogP contribution in [0, 0.1) is 0 Å². The Bertz CT molecular complexity index is 612. The predicted octanol–water partition coefficient (Wildman–Crippen LogP) is 3.32. The molecule has 1 aliphatic carbocycles. The molecule has 0 nitrogen and oxygen atoms in total. The van der Waals surface area contributed by atoms with Crippen LogP contribution in [0.25, 0.3) is 22.9 Å². The lowest BCUT2D eigenvalue weighted by atomic mass is 10.0.